The van der Waals surface area contributed by atoms with E-state index in [-0.39, 0.29) is 11.4 Å². The lowest BCUT2D eigenvalue weighted by Crippen LogP contribution is -2.18. The first-order chi connectivity index (χ1) is 12.5. The fraction of sp³-hybridized carbons (Fsp3) is 0.188. The van der Waals surface area contributed by atoms with Gasteiger partial charge >= 0.3 is 0 Å². The molecule has 1 aromatic carbocycles. The zero-order valence-electron chi connectivity index (χ0n) is 13.8. The maximum atomic E-state index is 14.1. The topological polar surface area (TPSA) is 96.5 Å². The Morgan fingerprint density at radius 2 is 2.19 bits per heavy atom. The Balaban J connectivity index is 1.66. The molecule has 26 heavy (non-hydrogen) atoms. The van der Waals surface area contributed by atoms with Gasteiger partial charge in [-0.1, -0.05) is 5.21 Å². The number of fused-ring (bicyclic) bond motifs is 1. The first-order valence-corrected chi connectivity index (χ1v) is 9.38. The van der Waals surface area contributed by atoms with Crippen LogP contribution in [0.5, 0.6) is 0 Å². The number of hydrogen-bond donors (Lipinski definition) is 2. The summed E-state index contributed by atoms with van der Waals surface area (Å²) in [5.74, 6) is -0.508. The van der Waals surface area contributed by atoms with Gasteiger partial charge in [0.25, 0.3) is 0 Å². The van der Waals surface area contributed by atoms with Crippen LogP contribution in [-0.2, 0) is 11.3 Å². The third-order valence-electron chi connectivity index (χ3n) is 3.70. The summed E-state index contributed by atoms with van der Waals surface area (Å²) in [5.41, 5.74) is 3.04. The molecule has 0 unspecified atom stereocenters. The van der Waals surface area contributed by atoms with Crippen molar-refractivity contribution in [2.24, 2.45) is 0 Å². The highest BCUT2D eigenvalue weighted by atomic mass is 32.1. The molecule has 2 N–H and O–H groups in total. The maximum Gasteiger partial charge on any atom is 0.217 e. The molecule has 0 aliphatic carbocycles. The molecule has 0 aliphatic rings. The number of halogens is 1. The molecule has 7 nitrogen and oxygen atoms in total. The smallest absolute Gasteiger partial charge is 0.217 e. The second-order valence-corrected chi connectivity index (χ2v) is 7.58. The van der Waals surface area contributed by atoms with Crippen molar-refractivity contribution in [3.63, 3.8) is 0 Å². The molecule has 0 saturated carbocycles. The van der Waals surface area contributed by atoms with Gasteiger partial charge in [-0.15, -0.1) is 27.8 Å². The fourth-order valence-electron chi connectivity index (χ4n) is 2.51. The number of aromatic nitrogens is 5. The van der Waals surface area contributed by atoms with Gasteiger partial charge in [0.15, 0.2) is 5.82 Å². The molecular weight excluding hydrogens is 375 g/mol. The van der Waals surface area contributed by atoms with Crippen LogP contribution in [0.15, 0.2) is 17.5 Å². The van der Waals surface area contributed by atoms with Crippen LogP contribution in [0, 0.1) is 12.7 Å². The van der Waals surface area contributed by atoms with Gasteiger partial charge in [-0.25, -0.2) is 14.4 Å². The van der Waals surface area contributed by atoms with Crippen molar-refractivity contribution < 1.29 is 9.18 Å². The molecule has 1 amide bonds. The van der Waals surface area contributed by atoms with Gasteiger partial charge in [0.05, 0.1) is 22.8 Å². The van der Waals surface area contributed by atoms with Gasteiger partial charge < -0.3 is 5.32 Å². The van der Waals surface area contributed by atoms with Crippen LogP contribution in [0.3, 0.4) is 0 Å². The lowest BCUT2D eigenvalue weighted by molar-refractivity contribution is -0.119. The first-order valence-electron chi connectivity index (χ1n) is 7.68. The van der Waals surface area contributed by atoms with E-state index in [1.165, 1.54) is 35.7 Å². The summed E-state index contributed by atoms with van der Waals surface area (Å²) < 4.78 is 14.1. The fourth-order valence-corrected chi connectivity index (χ4v) is 4.35. The highest BCUT2D eigenvalue weighted by Crippen LogP contribution is 2.35. The zero-order valence-corrected chi connectivity index (χ0v) is 15.5. The summed E-state index contributed by atoms with van der Waals surface area (Å²) in [7, 11) is 0. The van der Waals surface area contributed by atoms with E-state index < -0.39 is 5.82 Å². The SMILES string of the molecule is CC(=O)NCc1nc(C)c(-c2csc(-c3cc(F)c4[nH]nnc4c3)n2)s1. The summed E-state index contributed by atoms with van der Waals surface area (Å²) in [6, 6.07) is 3.18. The predicted molar refractivity (Wildman–Crippen MR) is 98.3 cm³/mol. The van der Waals surface area contributed by atoms with E-state index in [0.717, 1.165) is 21.3 Å². The molecule has 0 atom stereocenters. The Bertz CT molecular complexity index is 1120. The number of carbonyl (C=O) groups is 1. The Kier molecular flexibility index (Phi) is 4.21. The van der Waals surface area contributed by atoms with Gasteiger partial charge in [0.2, 0.25) is 5.91 Å². The molecule has 4 aromatic rings. The monoisotopic (exact) mass is 388 g/mol. The van der Waals surface area contributed by atoms with Crippen LogP contribution >= 0.6 is 22.7 Å². The van der Waals surface area contributed by atoms with Crippen LogP contribution in [0.4, 0.5) is 4.39 Å². The van der Waals surface area contributed by atoms with Crippen molar-refractivity contribution in [2.75, 3.05) is 0 Å². The van der Waals surface area contributed by atoms with Crippen molar-refractivity contribution in [2.45, 2.75) is 20.4 Å². The minimum absolute atomic E-state index is 0.0966. The zero-order chi connectivity index (χ0) is 18.3. The van der Waals surface area contributed by atoms with Crippen LogP contribution in [0.25, 0.3) is 32.2 Å². The number of benzene rings is 1. The number of aryl methyl sites for hydroxylation is 1. The van der Waals surface area contributed by atoms with Crippen LogP contribution in [0.2, 0.25) is 0 Å². The molecule has 0 bridgehead atoms. The second kappa shape index (κ2) is 6.54. The number of nitrogens with zero attached hydrogens (tertiary/aromatic N) is 4. The van der Waals surface area contributed by atoms with E-state index in [1.54, 1.807) is 6.07 Å². The molecule has 0 aliphatic heterocycles. The number of hydrogen-bond acceptors (Lipinski definition) is 7. The third-order valence-corrected chi connectivity index (χ3v) is 5.77. The Hall–Kier alpha value is -2.72. The van der Waals surface area contributed by atoms with Crippen molar-refractivity contribution >= 4 is 39.6 Å². The van der Waals surface area contributed by atoms with Gasteiger partial charge in [-0.05, 0) is 19.1 Å². The largest absolute Gasteiger partial charge is 0.350 e. The molecule has 3 heterocycles. The van der Waals surface area contributed by atoms with Crippen molar-refractivity contribution in [3.8, 4) is 21.1 Å². The van der Waals surface area contributed by atoms with E-state index in [0.29, 0.717) is 22.6 Å². The number of rotatable bonds is 4. The summed E-state index contributed by atoms with van der Waals surface area (Å²) in [5, 5.41) is 16.2. The molecular formula is C16H13FN6OS2. The predicted octanol–water partition coefficient (Wildman–Crippen LogP) is 3.29. The number of thiazole rings is 2. The van der Waals surface area contributed by atoms with Crippen molar-refractivity contribution in [1.29, 1.82) is 0 Å². The first kappa shape index (κ1) is 16.7. The van der Waals surface area contributed by atoms with Crippen LogP contribution < -0.4 is 5.32 Å². The Labute approximate surface area is 155 Å². The van der Waals surface area contributed by atoms with Gasteiger partial charge in [0.1, 0.15) is 21.0 Å². The Morgan fingerprint density at radius 3 is 3.00 bits per heavy atom. The molecule has 4 rings (SSSR count). The number of carbonyl (C=O) groups excluding carboxylic acids is 1. The average Bonchev–Trinajstić information content (AvgIpc) is 3.31. The van der Waals surface area contributed by atoms with Gasteiger partial charge in [-0.3, -0.25) is 9.89 Å². The molecule has 0 fully saturated rings. The maximum absolute atomic E-state index is 14.1. The summed E-state index contributed by atoms with van der Waals surface area (Å²) in [6.07, 6.45) is 0. The minimum Gasteiger partial charge on any atom is -0.350 e. The van der Waals surface area contributed by atoms with Crippen LogP contribution in [-0.4, -0.2) is 31.3 Å². The van der Waals surface area contributed by atoms with Crippen molar-refractivity contribution in [1.82, 2.24) is 30.7 Å². The summed E-state index contributed by atoms with van der Waals surface area (Å²) >= 11 is 2.91. The van der Waals surface area contributed by atoms with Gasteiger partial charge in [-0.2, -0.15) is 0 Å². The third kappa shape index (κ3) is 3.08. The molecule has 10 heteroatoms. The highest BCUT2D eigenvalue weighted by Gasteiger charge is 2.16. The molecule has 0 saturated heterocycles. The lowest BCUT2D eigenvalue weighted by atomic mass is 10.2. The number of H-pyrrole nitrogens is 1. The quantitative estimate of drug-likeness (QED) is 0.559. The van der Waals surface area contributed by atoms with E-state index >= 15 is 0 Å². The number of nitrogens with one attached hydrogen (secondary N) is 2. The van der Waals surface area contributed by atoms with E-state index in [4.69, 9.17) is 0 Å². The summed E-state index contributed by atoms with van der Waals surface area (Å²) in [6.45, 7) is 3.77. The molecule has 132 valence electrons. The Morgan fingerprint density at radius 1 is 1.35 bits per heavy atom. The second-order valence-electron chi connectivity index (χ2n) is 5.63. The lowest BCUT2D eigenvalue weighted by Gasteiger charge is -1.97. The minimum atomic E-state index is -0.411. The standard InChI is InChI=1S/C16H13FN6OS2/c1-7-15(26-13(19-7)5-18-8(2)24)12-6-25-16(20-12)9-3-10(17)14-11(4-9)21-23-22-14/h3-4,6H,5H2,1-2H3,(H,18,24)(H,21,22,23). The van der Waals surface area contributed by atoms with Gasteiger partial charge in [0, 0.05) is 17.9 Å². The molecule has 3 aromatic heterocycles. The van der Waals surface area contributed by atoms with E-state index in [1.807, 2.05) is 12.3 Å². The van der Waals surface area contributed by atoms with E-state index in [2.05, 4.69) is 30.7 Å². The summed E-state index contributed by atoms with van der Waals surface area (Å²) in [4.78, 5) is 21.1. The molecule has 0 radical (unpaired) electrons. The highest BCUT2D eigenvalue weighted by molar-refractivity contribution is 7.16. The van der Waals surface area contributed by atoms with E-state index in [9.17, 15) is 9.18 Å². The average molecular weight is 388 g/mol. The number of amides is 1. The molecule has 0 spiro atoms. The number of aromatic amines is 1. The van der Waals surface area contributed by atoms with Crippen molar-refractivity contribution in [3.05, 3.63) is 34.0 Å². The normalized spacial score (nSPS) is 11.2. The van der Waals surface area contributed by atoms with Crippen LogP contribution in [0.1, 0.15) is 17.6 Å².